The Morgan fingerprint density at radius 3 is 2.90 bits per heavy atom. The molecular weight excluding hydrogens is 390 g/mol. The summed E-state index contributed by atoms with van der Waals surface area (Å²) >= 11 is 0. The molecule has 1 atom stereocenters. The molecule has 1 unspecified atom stereocenters. The molecule has 9 heteroatoms. The van der Waals surface area contributed by atoms with Crippen LogP contribution in [0.1, 0.15) is 28.9 Å². The number of rotatable bonds is 7. The van der Waals surface area contributed by atoms with E-state index in [1.54, 1.807) is 10.9 Å². The van der Waals surface area contributed by atoms with Crippen molar-refractivity contribution in [3.63, 3.8) is 0 Å². The highest BCUT2D eigenvalue weighted by atomic mass is 35.5. The third-order valence-corrected chi connectivity index (χ3v) is 4.97. The van der Waals surface area contributed by atoms with Gasteiger partial charge in [0, 0.05) is 19.3 Å². The van der Waals surface area contributed by atoms with Crippen LogP contribution in [0.15, 0.2) is 48.9 Å². The van der Waals surface area contributed by atoms with Gasteiger partial charge in [0.15, 0.2) is 5.69 Å². The third kappa shape index (κ3) is 5.65. The maximum atomic E-state index is 12.3. The van der Waals surface area contributed by atoms with Gasteiger partial charge in [-0.3, -0.25) is 9.48 Å². The SMILES string of the molecule is Cl.O=C(NCCc1cnn(-c2ccccc2)c1)c1cn(CC2CCCNC2)nn1. The van der Waals surface area contributed by atoms with Crippen LogP contribution in [0.25, 0.3) is 5.69 Å². The molecule has 1 aliphatic heterocycles. The Labute approximate surface area is 176 Å². The van der Waals surface area contributed by atoms with Gasteiger partial charge in [0.1, 0.15) is 0 Å². The van der Waals surface area contributed by atoms with Crippen LogP contribution in [0, 0.1) is 5.92 Å². The number of amides is 1. The average Bonchev–Trinajstić information content (AvgIpc) is 3.39. The molecule has 1 amide bonds. The van der Waals surface area contributed by atoms with Crippen molar-refractivity contribution in [1.82, 2.24) is 35.4 Å². The van der Waals surface area contributed by atoms with Gasteiger partial charge in [-0.2, -0.15) is 5.10 Å². The van der Waals surface area contributed by atoms with E-state index in [0.29, 0.717) is 24.6 Å². The zero-order chi connectivity index (χ0) is 19.2. The smallest absolute Gasteiger partial charge is 0.273 e. The molecule has 2 N–H and O–H groups in total. The first-order valence-electron chi connectivity index (χ1n) is 9.76. The number of halogens is 1. The van der Waals surface area contributed by atoms with E-state index in [1.807, 2.05) is 47.4 Å². The fourth-order valence-electron chi connectivity index (χ4n) is 3.46. The number of hydrogen-bond acceptors (Lipinski definition) is 5. The first kappa shape index (κ1) is 21.0. The summed E-state index contributed by atoms with van der Waals surface area (Å²) in [5.41, 5.74) is 2.45. The van der Waals surface area contributed by atoms with Crippen molar-refractivity contribution in [3.05, 3.63) is 60.2 Å². The molecule has 3 aromatic rings. The summed E-state index contributed by atoms with van der Waals surface area (Å²) in [6.45, 7) is 3.41. The van der Waals surface area contributed by atoms with Crippen molar-refractivity contribution in [1.29, 1.82) is 0 Å². The van der Waals surface area contributed by atoms with Crippen LogP contribution in [-0.2, 0) is 13.0 Å². The molecule has 3 heterocycles. The molecule has 0 spiro atoms. The highest BCUT2D eigenvalue weighted by Gasteiger charge is 2.16. The van der Waals surface area contributed by atoms with Crippen LogP contribution >= 0.6 is 12.4 Å². The molecule has 0 radical (unpaired) electrons. The monoisotopic (exact) mass is 415 g/mol. The van der Waals surface area contributed by atoms with Crippen LogP contribution in [0.3, 0.4) is 0 Å². The van der Waals surface area contributed by atoms with Crippen molar-refractivity contribution in [2.24, 2.45) is 5.92 Å². The second kappa shape index (κ2) is 10.2. The number of nitrogens with one attached hydrogen (secondary N) is 2. The molecule has 4 rings (SSSR count). The Bertz CT molecular complexity index is 902. The van der Waals surface area contributed by atoms with Crippen molar-refractivity contribution in [3.8, 4) is 5.69 Å². The summed E-state index contributed by atoms with van der Waals surface area (Å²) in [6, 6.07) is 9.95. The summed E-state index contributed by atoms with van der Waals surface area (Å²) in [4.78, 5) is 12.3. The van der Waals surface area contributed by atoms with Crippen LogP contribution < -0.4 is 10.6 Å². The van der Waals surface area contributed by atoms with Gasteiger partial charge in [0.2, 0.25) is 0 Å². The average molecular weight is 416 g/mol. The lowest BCUT2D eigenvalue weighted by molar-refractivity contribution is 0.0949. The minimum Gasteiger partial charge on any atom is -0.350 e. The summed E-state index contributed by atoms with van der Waals surface area (Å²) in [5.74, 6) is 0.357. The fraction of sp³-hybridized carbons (Fsp3) is 0.400. The number of benzene rings is 1. The van der Waals surface area contributed by atoms with Gasteiger partial charge in [-0.05, 0) is 56.0 Å². The maximum absolute atomic E-state index is 12.3. The summed E-state index contributed by atoms with van der Waals surface area (Å²) < 4.78 is 3.61. The molecule has 1 aromatic carbocycles. The highest BCUT2D eigenvalue weighted by Crippen LogP contribution is 2.12. The first-order valence-corrected chi connectivity index (χ1v) is 9.76. The fourth-order valence-corrected chi connectivity index (χ4v) is 3.46. The molecule has 1 fully saturated rings. The zero-order valence-electron chi connectivity index (χ0n) is 16.2. The van der Waals surface area contributed by atoms with E-state index in [4.69, 9.17) is 0 Å². The van der Waals surface area contributed by atoms with E-state index < -0.39 is 0 Å². The summed E-state index contributed by atoms with van der Waals surface area (Å²) in [7, 11) is 0. The standard InChI is InChI=1S/C20H25N7O.ClH/c28-20(19-15-26(25-24-19)13-16-5-4-9-21-11-16)22-10-8-17-12-23-27(14-17)18-6-2-1-3-7-18;/h1-3,6-7,12,14-16,21H,4-5,8-11,13H2,(H,22,28);1H. The van der Waals surface area contributed by atoms with Crippen LogP contribution in [0.2, 0.25) is 0 Å². The molecule has 8 nitrogen and oxygen atoms in total. The normalized spacial score (nSPS) is 16.2. The van der Waals surface area contributed by atoms with E-state index in [0.717, 1.165) is 30.9 Å². The lowest BCUT2D eigenvalue weighted by Gasteiger charge is -2.22. The summed E-state index contributed by atoms with van der Waals surface area (Å²) in [6.07, 6.45) is 8.63. The second-order valence-electron chi connectivity index (χ2n) is 7.17. The van der Waals surface area contributed by atoms with Gasteiger partial charge in [-0.25, -0.2) is 4.68 Å². The number of nitrogens with zero attached hydrogens (tertiary/aromatic N) is 5. The second-order valence-corrected chi connectivity index (χ2v) is 7.17. The number of carbonyl (C=O) groups is 1. The topological polar surface area (TPSA) is 89.7 Å². The van der Waals surface area contributed by atoms with E-state index in [1.165, 1.54) is 12.8 Å². The van der Waals surface area contributed by atoms with Gasteiger partial charge in [-0.1, -0.05) is 23.4 Å². The molecule has 1 saturated heterocycles. The number of para-hydroxylation sites is 1. The van der Waals surface area contributed by atoms with Crippen molar-refractivity contribution >= 4 is 18.3 Å². The van der Waals surface area contributed by atoms with Crippen LogP contribution in [0.5, 0.6) is 0 Å². The predicted molar refractivity (Wildman–Crippen MR) is 112 cm³/mol. The summed E-state index contributed by atoms with van der Waals surface area (Å²) in [5, 5.41) is 18.8. The molecule has 2 aromatic heterocycles. The number of carbonyl (C=O) groups excluding carboxylic acids is 1. The maximum Gasteiger partial charge on any atom is 0.273 e. The highest BCUT2D eigenvalue weighted by molar-refractivity contribution is 5.91. The third-order valence-electron chi connectivity index (χ3n) is 4.97. The number of hydrogen-bond donors (Lipinski definition) is 2. The molecule has 29 heavy (non-hydrogen) atoms. The van der Waals surface area contributed by atoms with Crippen molar-refractivity contribution in [2.45, 2.75) is 25.8 Å². The lowest BCUT2D eigenvalue weighted by Crippen LogP contribution is -2.32. The van der Waals surface area contributed by atoms with Gasteiger partial charge in [0.05, 0.1) is 18.1 Å². The Morgan fingerprint density at radius 2 is 2.10 bits per heavy atom. The first-order chi connectivity index (χ1) is 13.8. The van der Waals surface area contributed by atoms with Gasteiger partial charge >= 0.3 is 0 Å². The van der Waals surface area contributed by atoms with E-state index in [9.17, 15) is 4.79 Å². The quantitative estimate of drug-likeness (QED) is 0.614. The number of piperidine rings is 1. The Balaban J connectivity index is 0.00000240. The zero-order valence-corrected chi connectivity index (χ0v) is 17.0. The largest absolute Gasteiger partial charge is 0.350 e. The van der Waals surface area contributed by atoms with Gasteiger partial charge in [0.25, 0.3) is 5.91 Å². The Hall–Kier alpha value is -2.71. The van der Waals surface area contributed by atoms with E-state index >= 15 is 0 Å². The Morgan fingerprint density at radius 1 is 1.24 bits per heavy atom. The lowest BCUT2D eigenvalue weighted by atomic mass is 10.00. The predicted octanol–water partition coefficient (Wildman–Crippen LogP) is 1.86. The molecule has 0 aliphatic carbocycles. The van der Waals surface area contributed by atoms with Crippen LogP contribution in [-0.4, -0.2) is 50.3 Å². The number of aromatic nitrogens is 5. The van der Waals surface area contributed by atoms with E-state index in [-0.39, 0.29) is 18.3 Å². The van der Waals surface area contributed by atoms with Crippen LogP contribution in [0.4, 0.5) is 0 Å². The molecular formula is C20H26ClN7O. The van der Waals surface area contributed by atoms with Gasteiger partial charge in [-0.15, -0.1) is 17.5 Å². The Kier molecular flexibility index (Phi) is 7.37. The minimum atomic E-state index is -0.191. The molecule has 0 saturated carbocycles. The molecule has 154 valence electrons. The van der Waals surface area contributed by atoms with Crippen molar-refractivity contribution < 1.29 is 4.79 Å². The van der Waals surface area contributed by atoms with Crippen molar-refractivity contribution in [2.75, 3.05) is 19.6 Å². The molecule has 1 aliphatic rings. The van der Waals surface area contributed by atoms with E-state index in [2.05, 4.69) is 26.0 Å². The van der Waals surface area contributed by atoms with Gasteiger partial charge < -0.3 is 10.6 Å². The molecule has 0 bridgehead atoms. The minimum absolute atomic E-state index is 0.